The minimum Gasteiger partial charge on any atom is -0.381 e. The molecule has 1 aliphatic rings. The van der Waals surface area contributed by atoms with Crippen LogP contribution in [0.1, 0.15) is 12.8 Å². The van der Waals surface area contributed by atoms with Gasteiger partial charge in [0.2, 0.25) is 0 Å². The van der Waals surface area contributed by atoms with Gasteiger partial charge in [-0.1, -0.05) is 0 Å². The topological polar surface area (TPSA) is 89.5 Å². The van der Waals surface area contributed by atoms with Crippen molar-refractivity contribution in [3.8, 4) is 0 Å². The minimum atomic E-state index is -3.61. The van der Waals surface area contributed by atoms with E-state index in [1.54, 1.807) is 11.6 Å². The predicted octanol–water partition coefficient (Wildman–Crippen LogP) is 1.15. The molecule has 0 bridgehead atoms. The molecule has 3 N–H and O–H groups in total. The summed E-state index contributed by atoms with van der Waals surface area (Å²) in [7, 11) is -3.61. The van der Waals surface area contributed by atoms with E-state index in [9.17, 15) is 8.42 Å². The van der Waals surface area contributed by atoms with E-state index in [1.165, 1.54) is 15.7 Å². The number of thioether (sulfide) groups is 1. The lowest BCUT2D eigenvalue weighted by Gasteiger charge is -2.10. The van der Waals surface area contributed by atoms with Gasteiger partial charge in [-0.2, -0.15) is 11.8 Å². The van der Waals surface area contributed by atoms with Crippen LogP contribution < -0.4 is 10.5 Å². The molecule has 2 aromatic heterocycles. The van der Waals surface area contributed by atoms with Gasteiger partial charge in [0, 0.05) is 23.4 Å². The number of anilines is 1. The van der Waals surface area contributed by atoms with Crippen LogP contribution in [0.25, 0.3) is 4.96 Å². The van der Waals surface area contributed by atoms with E-state index in [4.69, 9.17) is 5.73 Å². The molecule has 6 nitrogen and oxygen atoms in total. The van der Waals surface area contributed by atoms with Gasteiger partial charge in [0.15, 0.2) is 15.8 Å². The first-order valence-corrected chi connectivity index (χ1v) is 9.31. The number of nitrogen functional groups attached to an aromatic ring is 1. The molecule has 19 heavy (non-hydrogen) atoms. The third kappa shape index (κ3) is 2.47. The van der Waals surface area contributed by atoms with Crippen molar-refractivity contribution in [2.75, 3.05) is 18.0 Å². The van der Waals surface area contributed by atoms with Crippen molar-refractivity contribution in [3.05, 3.63) is 11.6 Å². The maximum Gasteiger partial charge on any atom is 0.260 e. The van der Waals surface area contributed by atoms with E-state index in [-0.39, 0.29) is 10.8 Å². The Balaban J connectivity index is 1.86. The SMILES string of the molecule is Nc1nc2sccn2c1S(=O)(=O)NCC1CCCS1. The first kappa shape index (κ1) is 13.2. The van der Waals surface area contributed by atoms with Gasteiger partial charge in [0.25, 0.3) is 10.0 Å². The van der Waals surface area contributed by atoms with Gasteiger partial charge in [0.1, 0.15) is 0 Å². The van der Waals surface area contributed by atoms with E-state index in [1.807, 2.05) is 11.8 Å². The highest BCUT2D eigenvalue weighted by atomic mass is 32.2. The predicted molar refractivity (Wildman–Crippen MR) is 78.1 cm³/mol. The zero-order valence-corrected chi connectivity index (χ0v) is 12.5. The van der Waals surface area contributed by atoms with E-state index < -0.39 is 10.0 Å². The third-order valence-corrected chi connectivity index (χ3v) is 6.64. The van der Waals surface area contributed by atoms with Gasteiger partial charge in [-0.3, -0.25) is 4.40 Å². The Bertz CT molecular complexity index is 685. The van der Waals surface area contributed by atoms with Gasteiger partial charge in [-0.15, -0.1) is 11.3 Å². The molecule has 0 saturated carbocycles. The summed E-state index contributed by atoms with van der Waals surface area (Å²) in [5.74, 6) is 1.16. The van der Waals surface area contributed by atoms with Crippen LogP contribution in [-0.4, -0.2) is 35.4 Å². The number of aromatic nitrogens is 2. The summed E-state index contributed by atoms with van der Waals surface area (Å²) in [6.45, 7) is 0.448. The molecule has 0 amide bonds. The number of rotatable bonds is 4. The summed E-state index contributed by atoms with van der Waals surface area (Å²) in [5.41, 5.74) is 5.72. The highest BCUT2D eigenvalue weighted by Gasteiger charge is 2.26. The molecule has 1 unspecified atom stereocenters. The van der Waals surface area contributed by atoms with Crippen LogP contribution in [0.2, 0.25) is 0 Å². The number of nitrogens with zero attached hydrogens (tertiary/aromatic N) is 2. The average molecular weight is 318 g/mol. The monoisotopic (exact) mass is 318 g/mol. The quantitative estimate of drug-likeness (QED) is 0.883. The number of sulfonamides is 1. The molecule has 0 aliphatic carbocycles. The van der Waals surface area contributed by atoms with Crippen LogP contribution >= 0.6 is 23.1 Å². The maximum atomic E-state index is 12.3. The Labute approximate surface area is 119 Å². The molecule has 3 heterocycles. The fourth-order valence-corrected chi connectivity index (χ4v) is 5.50. The van der Waals surface area contributed by atoms with Crippen molar-refractivity contribution in [1.29, 1.82) is 0 Å². The van der Waals surface area contributed by atoms with Gasteiger partial charge in [-0.05, 0) is 18.6 Å². The van der Waals surface area contributed by atoms with Crippen LogP contribution in [0.3, 0.4) is 0 Å². The summed E-state index contributed by atoms with van der Waals surface area (Å²) >= 11 is 3.17. The van der Waals surface area contributed by atoms with Crippen LogP contribution in [0.15, 0.2) is 16.6 Å². The summed E-state index contributed by atoms with van der Waals surface area (Å²) in [4.78, 5) is 4.64. The average Bonchev–Trinajstić information content (AvgIpc) is 3.01. The zero-order valence-electron chi connectivity index (χ0n) is 10.1. The number of nitrogens with two attached hydrogens (primary N) is 1. The van der Waals surface area contributed by atoms with E-state index >= 15 is 0 Å². The van der Waals surface area contributed by atoms with Gasteiger partial charge in [-0.25, -0.2) is 18.1 Å². The molecule has 1 atom stereocenters. The Morgan fingerprint density at radius 2 is 2.42 bits per heavy atom. The van der Waals surface area contributed by atoms with Crippen molar-refractivity contribution < 1.29 is 8.42 Å². The van der Waals surface area contributed by atoms with Crippen molar-refractivity contribution in [2.24, 2.45) is 0 Å². The van der Waals surface area contributed by atoms with E-state index in [2.05, 4.69) is 9.71 Å². The number of nitrogens with one attached hydrogen (secondary N) is 1. The Kier molecular flexibility index (Phi) is 3.46. The third-order valence-electron chi connectivity index (χ3n) is 3.02. The van der Waals surface area contributed by atoms with Gasteiger partial charge < -0.3 is 5.73 Å². The first-order chi connectivity index (χ1) is 9.08. The van der Waals surface area contributed by atoms with Crippen molar-refractivity contribution in [1.82, 2.24) is 14.1 Å². The summed E-state index contributed by atoms with van der Waals surface area (Å²) in [6.07, 6.45) is 3.88. The lowest BCUT2D eigenvalue weighted by atomic mass is 10.2. The van der Waals surface area contributed by atoms with Gasteiger partial charge in [0.05, 0.1) is 0 Å². The molecular weight excluding hydrogens is 304 g/mol. The van der Waals surface area contributed by atoms with Gasteiger partial charge >= 0.3 is 0 Å². The van der Waals surface area contributed by atoms with Crippen LogP contribution in [-0.2, 0) is 10.0 Å². The number of imidazole rings is 1. The molecular formula is C10H14N4O2S3. The lowest BCUT2D eigenvalue weighted by Crippen LogP contribution is -2.31. The lowest BCUT2D eigenvalue weighted by molar-refractivity contribution is 0.575. The molecule has 0 aromatic carbocycles. The number of fused-ring (bicyclic) bond motifs is 1. The van der Waals surface area contributed by atoms with E-state index in [0.29, 0.717) is 16.8 Å². The summed E-state index contributed by atoms with van der Waals surface area (Å²) in [6, 6.07) is 0. The van der Waals surface area contributed by atoms with Crippen LogP contribution in [0, 0.1) is 0 Å². The molecule has 0 spiro atoms. The minimum absolute atomic E-state index is 0.0479. The molecule has 2 aromatic rings. The molecule has 0 radical (unpaired) electrons. The van der Waals surface area contributed by atoms with E-state index in [0.717, 1.165) is 18.6 Å². The highest BCUT2D eigenvalue weighted by molar-refractivity contribution is 8.00. The molecule has 9 heteroatoms. The van der Waals surface area contributed by atoms with Crippen molar-refractivity contribution >= 4 is 43.9 Å². The fourth-order valence-electron chi connectivity index (χ4n) is 2.13. The number of hydrogen-bond acceptors (Lipinski definition) is 6. The highest BCUT2D eigenvalue weighted by Crippen LogP contribution is 2.27. The maximum absolute atomic E-state index is 12.3. The van der Waals surface area contributed by atoms with Crippen LogP contribution in [0.5, 0.6) is 0 Å². The normalized spacial score (nSPS) is 20.3. The molecule has 1 saturated heterocycles. The smallest absolute Gasteiger partial charge is 0.260 e. The second-order valence-corrected chi connectivity index (χ2v) is 8.31. The largest absolute Gasteiger partial charge is 0.381 e. The zero-order chi connectivity index (χ0) is 13.5. The van der Waals surface area contributed by atoms with Crippen molar-refractivity contribution in [2.45, 2.75) is 23.1 Å². The Hall–Kier alpha value is -0.770. The second-order valence-electron chi connectivity index (χ2n) is 4.34. The molecule has 104 valence electrons. The molecule has 1 fully saturated rings. The molecule has 1 aliphatic heterocycles. The van der Waals surface area contributed by atoms with Crippen LogP contribution in [0.4, 0.5) is 5.82 Å². The van der Waals surface area contributed by atoms with Crippen molar-refractivity contribution in [3.63, 3.8) is 0 Å². The number of thiazole rings is 1. The Morgan fingerprint density at radius 1 is 1.58 bits per heavy atom. The fraction of sp³-hybridized carbons (Fsp3) is 0.500. The molecule has 3 rings (SSSR count). The Morgan fingerprint density at radius 3 is 3.16 bits per heavy atom. The number of hydrogen-bond donors (Lipinski definition) is 2. The summed E-state index contributed by atoms with van der Waals surface area (Å²) < 4.78 is 28.8. The first-order valence-electron chi connectivity index (χ1n) is 5.90. The second kappa shape index (κ2) is 4.97. The standard InChI is InChI=1S/C10H14N4O2S3/c11-8-9(14-3-5-18-10(14)13-8)19(15,16)12-6-7-2-1-4-17-7/h3,5,7,12H,1-2,4,6,11H2. The summed E-state index contributed by atoms with van der Waals surface area (Å²) in [5, 5.41) is 2.20.